The fourth-order valence-corrected chi connectivity index (χ4v) is 1.56. The quantitative estimate of drug-likeness (QED) is 0.607. The predicted molar refractivity (Wildman–Crippen MR) is 57.4 cm³/mol. The Bertz CT molecular complexity index is 345. The van der Waals surface area contributed by atoms with E-state index in [2.05, 4.69) is 5.32 Å². The van der Waals surface area contributed by atoms with Crippen LogP contribution in [0.15, 0.2) is 18.2 Å². The second-order valence-electron chi connectivity index (χ2n) is 3.58. The van der Waals surface area contributed by atoms with Crippen LogP contribution in [0, 0.1) is 6.92 Å². The van der Waals surface area contributed by atoms with Crippen LogP contribution in [0.25, 0.3) is 0 Å². The number of hydrogen-bond acceptors (Lipinski definition) is 4. The van der Waals surface area contributed by atoms with Gasteiger partial charge >= 0.3 is 7.32 Å². The predicted octanol–water partition coefficient (Wildman–Crippen LogP) is 0.471. The molecule has 0 bridgehead atoms. The number of fused-ring (bicyclic) bond motifs is 1. The fourth-order valence-electron chi connectivity index (χ4n) is 1.56. The van der Waals surface area contributed by atoms with E-state index in [1.165, 1.54) is 5.56 Å². The molecule has 0 amide bonds. The minimum atomic E-state index is -1.17. The summed E-state index contributed by atoms with van der Waals surface area (Å²) >= 11 is 0. The Balaban J connectivity index is 2.25. The summed E-state index contributed by atoms with van der Waals surface area (Å²) in [6.07, 6.45) is 0. The highest BCUT2D eigenvalue weighted by atomic mass is 16.7. The summed E-state index contributed by atoms with van der Waals surface area (Å²) in [5, 5.41) is 12.6. The van der Waals surface area contributed by atoms with Gasteiger partial charge in [0.05, 0.1) is 0 Å². The molecule has 2 N–H and O–H groups in total. The van der Waals surface area contributed by atoms with E-state index in [1.54, 1.807) is 0 Å². The van der Waals surface area contributed by atoms with Gasteiger partial charge in [-0.2, -0.15) is 0 Å². The molecule has 80 valence electrons. The van der Waals surface area contributed by atoms with Crippen LogP contribution < -0.4 is 9.97 Å². The van der Waals surface area contributed by atoms with Crippen molar-refractivity contribution in [1.29, 1.82) is 0 Å². The molecule has 1 aliphatic rings. The molecule has 0 radical (unpaired) electrons. The van der Waals surface area contributed by atoms with Crippen molar-refractivity contribution >= 4 is 7.32 Å². The van der Waals surface area contributed by atoms with E-state index in [0.717, 1.165) is 12.1 Å². The first-order valence-corrected chi connectivity index (χ1v) is 5.02. The third-order valence-electron chi connectivity index (χ3n) is 2.30. The molecule has 15 heavy (non-hydrogen) atoms. The third kappa shape index (κ3) is 2.71. The van der Waals surface area contributed by atoms with Crippen LogP contribution in [0.4, 0.5) is 0 Å². The zero-order valence-corrected chi connectivity index (χ0v) is 8.69. The first-order chi connectivity index (χ1) is 7.25. The molecule has 1 heterocycles. The second-order valence-corrected chi connectivity index (χ2v) is 3.58. The Morgan fingerprint density at radius 3 is 3.20 bits per heavy atom. The van der Waals surface area contributed by atoms with Gasteiger partial charge in [-0.25, -0.2) is 0 Å². The Morgan fingerprint density at radius 2 is 2.33 bits per heavy atom. The molecule has 5 heteroatoms. The molecule has 0 unspecified atom stereocenters. The summed E-state index contributed by atoms with van der Waals surface area (Å²) in [7, 11) is -1.17. The van der Waals surface area contributed by atoms with Crippen LogP contribution in [0.3, 0.4) is 0 Å². The summed E-state index contributed by atoms with van der Waals surface area (Å²) in [6, 6.07) is 5.84. The maximum atomic E-state index is 9.38. The Morgan fingerprint density at radius 1 is 1.47 bits per heavy atom. The molecule has 0 fully saturated rings. The first-order valence-electron chi connectivity index (χ1n) is 5.02. The highest BCUT2D eigenvalue weighted by Crippen LogP contribution is 2.20. The van der Waals surface area contributed by atoms with E-state index < -0.39 is 7.32 Å². The smallest absolute Gasteiger partial charge is 0.512 e. The monoisotopic (exact) mass is 207 g/mol. The van der Waals surface area contributed by atoms with Gasteiger partial charge in [-0.15, -0.1) is 0 Å². The largest absolute Gasteiger partial charge is 0.710 e. The third-order valence-corrected chi connectivity index (χ3v) is 2.30. The zero-order valence-electron chi connectivity index (χ0n) is 8.69. The van der Waals surface area contributed by atoms with Gasteiger partial charge in [-0.3, -0.25) is 0 Å². The molecule has 4 nitrogen and oxygen atoms in total. The minimum absolute atomic E-state index is 0.439. The van der Waals surface area contributed by atoms with Gasteiger partial charge in [0.15, 0.2) is 0 Å². The normalized spacial score (nSPS) is 17.1. The van der Waals surface area contributed by atoms with Crippen LogP contribution in [0.5, 0.6) is 5.75 Å². The number of rotatable bonds is 0. The van der Waals surface area contributed by atoms with Gasteiger partial charge in [-0.1, -0.05) is 17.7 Å². The molecule has 2 rings (SSSR count). The fraction of sp³-hybridized carbons (Fsp3) is 0.400. The Labute approximate surface area is 89.4 Å². The van der Waals surface area contributed by atoms with Crippen molar-refractivity contribution in [1.82, 2.24) is 5.32 Å². The average molecular weight is 207 g/mol. The summed E-state index contributed by atoms with van der Waals surface area (Å²) in [4.78, 5) is 0. The zero-order chi connectivity index (χ0) is 10.7. The summed E-state index contributed by atoms with van der Waals surface area (Å²) in [5.74, 6) is 0.669. The summed E-state index contributed by atoms with van der Waals surface area (Å²) in [6.45, 7) is 3.90. The van der Waals surface area contributed by atoms with E-state index in [1.807, 2.05) is 25.1 Å². The lowest BCUT2D eigenvalue weighted by molar-refractivity contribution is 0.197. The van der Waals surface area contributed by atoms with Crippen LogP contribution in [0.2, 0.25) is 0 Å². The van der Waals surface area contributed by atoms with Gasteiger partial charge in [0.2, 0.25) is 0 Å². The van der Waals surface area contributed by atoms with E-state index in [0.29, 0.717) is 18.9 Å². The van der Waals surface area contributed by atoms with Gasteiger partial charge in [0.1, 0.15) is 5.75 Å². The minimum Gasteiger partial charge on any atom is -0.512 e. The van der Waals surface area contributed by atoms with Crippen LogP contribution in [0.1, 0.15) is 11.1 Å². The average Bonchev–Trinajstić information content (AvgIpc) is 2.28. The number of nitrogens with one attached hydrogen (secondary N) is 1. The summed E-state index contributed by atoms with van der Waals surface area (Å²) < 4.78 is 10.3. The first kappa shape index (κ1) is 10.5. The van der Waals surface area contributed by atoms with Crippen molar-refractivity contribution in [3.05, 3.63) is 29.3 Å². The lowest BCUT2D eigenvalue weighted by atomic mass is 10.1. The van der Waals surface area contributed by atoms with Crippen molar-refractivity contribution in [2.24, 2.45) is 0 Å². The van der Waals surface area contributed by atoms with Gasteiger partial charge in [-0.05, 0) is 13.0 Å². The molecule has 1 aromatic carbocycles. The molecule has 1 aliphatic heterocycles. The van der Waals surface area contributed by atoms with E-state index >= 15 is 0 Å². The topological polar surface area (TPSA) is 50.7 Å². The second kappa shape index (κ2) is 4.66. The van der Waals surface area contributed by atoms with E-state index in [4.69, 9.17) is 9.31 Å². The van der Waals surface area contributed by atoms with Crippen LogP contribution in [-0.4, -0.2) is 25.5 Å². The van der Waals surface area contributed by atoms with Crippen molar-refractivity contribution in [3.63, 3.8) is 0 Å². The molecular formula is C10H14BNO3. The maximum absolute atomic E-state index is 9.38. The molecule has 0 aliphatic carbocycles. The van der Waals surface area contributed by atoms with Crippen molar-refractivity contribution in [2.75, 3.05) is 13.2 Å². The maximum Gasteiger partial charge on any atom is 0.710 e. The van der Waals surface area contributed by atoms with Gasteiger partial charge in [0.25, 0.3) is 0 Å². The number of hydrogen-bond donors (Lipinski definition) is 2. The highest BCUT2D eigenvalue weighted by Gasteiger charge is 2.20. The van der Waals surface area contributed by atoms with Crippen LogP contribution >= 0.6 is 0 Å². The SMILES string of the molecule is Cc1ccc2c(c1)CNCCOB(O)O2. The molecule has 0 atom stereocenters. The van der Waals surface area contributed by atoms with Crippen LogP contribution in [-0.2, 0) is 11.2 Å². The van der Waals surface area contributed by atoms with E-state index in [-0.39, 0.29) is 0 Å². The molecule has 0 spiro atoms. The number of benzene rings is 1. The highest BCUT2D eigenvalue weighted by molar-refractivity contribution is 6.35. The van der Waals surface area contributed by atoms with Crippen molar-refractivity contribution in [2.45, 2.75) is 13.5 Å². The van der Waals surface area contributed by atoms with Gasteiger partial charge < -0.3 is 19.6 Å². The molecule has 1 aromatic rings. The van der Waals surface area contributed by atoms with Gasteiger partial charge in [0, 0.05) is 25.3 Å². The lowest BCUT2D eigenvalue weighted by Crippen LogP contribution is -2.28. The van der Waals surface area contributed by atoms with E-state index in [9.17, 15) is 5.02 Å². The molecule has 0 aromatic heterocycles. The van der Waals surface area contributed by atoms with Crippen molar-refractivity contribution in [3.8, 4) is 5.75 Å². The molecular weight excluding hydrogens is 193 g/mol. The molecule has 0 saturated heterocycles. The number of aryl methyl sites for hydroxylation is 1. The Hall–Kier alpha value is -1.04. The standard InChI is InChI=1S/C10H14BNO3/c1-8-2-3-10-9(6-8)7-12-4-5-14-11(13)15-10/h2-3,6,12-13H,4-5,7H2,1H3. The summed E-state index contributed by atoms with van der Waals surface area (Å²) in [5.41, 5.74) is 2.22. The molecule has 0 saturated carbocycles. The Kier molecular flexibility index (Phi) is 3.25. The van der Waals surface area contributed by atoms with Crippen molar-refractivity contribution < 1.29 is 14.3 Å². The lowest BCUT2D eigenvalue weighted by Gasteiger charge is -2.11.